The molecule has 1 aromatic carbocycles. The monoisotopic (exact) mass is 425 g/mol. The standard InChI is InChI=1S/C26H35NO2S/c1-5-27(17-9-6-8-16-26(2,3)28-4)18-10-7-11-19-29-25-14-12-13-23(21-25)24-15-20-30-22-24/h6,9,12-15,20-22H,5,7,10-11,17-19H2,1-4H3. The largest absolute Gasteiger partial charge is 0.494 e. The third kappa shape index (κ3) is 9.17. The molecule has 1 heterocycles. The van der Waals surface area contributed by atoms with Gasteiger partial charge in [0.15, 0.2) is 0 Å². The molecule has 0 N–H and O–H groups in total. The minimum absolute atomic E-state index is 0.387. The van der Waals surface area contributed by atoms with Crippen LogP contribution in [0.5, 0.6) is 5.75 Å². The Kier molecular flexibility index (Phi) is 10.7. The minimum Gasteiger partial charge on any atom is -0.494 e. The lowest BCUT2D eigenvalue weighted by molar-refractivity contribution is 0.0742. The highest BCUT2D eigenvalue weighted by atomic mass is 32.1. The Bertz CT molecular complexity index is 815. The maximum atomic E-state index is 5.96. The average Bonchev–Trinajstić information content (AvgIpc) is 3.29. The molecule has 3 nitrogen and oxygen atoms in total. The topological polar surface area (TPSA) is 21.7 Å². The van der Waals surface area contributed by atoms with Crippen LogP contribution in [0.4, 0.5) is 0 Å². The van der Waals surface area contributed by atoms with Crippen LogP contribution in [0.2, 0.25) is 0 Å². The van der Waals surface area contributed by atoms with Crippen molar-refractivity contribution >= 4 is 11.3 Å². The summed E-state index contributed by atoms with van der Waals surface area (Å²) in [6, 6.07) is 10.5. The summed E-state index contributed by atoms with van der Waals surface area (Å²) in [5.41, 5.74) is 2.09. The molecule has 0 spiro atoms. The highest BCUT2D eigenvalue weighted by Crippen LogP contribution is 2.25. The molecule has 0 bridgehead atoms. The summed E-state index contributed by atoms with van der Waals surface area (Å²) in [5, 5.41) is 4.27. The van der Waals surface area contributed by atoms with Crippen LogP contribution >= 0.6 is 11.3 Å². The van der Waals surface area contributed by atoms with Gasteiger partial charge >= 0.3 is 0 Å². The highest BCUT2D eigenvalue weighted by Gasteiger charge is 2.10. The molecule has 0 saturated carbocycles. The molecule has 0 saturated heterocycles. The van der Waals surface area contributed by atoms with Gasteiger partial charge in [0.1, 0.15) is 11.4 Å². The minimum atomic E-state index is -0.387. The number of nitrogens with zero attached hydrogens (tertiary/aromatic N) is 1. The zero-order valence-electron chi connectivity index (χ0n) is 18.8. The number of allylic oxidation sites excluding steroid dienone is 1. The number of unbranched alkanes of at least 4 members (excludes halogenated alkanes) is 2. The predicted molar refractivity (Wildman–Crippen MR) is 129 cm³/mol. The average molecular weight is 426 g/mol. The number of thiophene rings is 1. The number of benzene rings is 1. The van der Waals surface area contributed by atoms with E-state index in [2.05, 4.69) is 64.8 Å². The second kappa shape index (κ2) is 13.3. The number of hydrogen-bond acceptors (Lipinski definition) is 4. The van der Waals surface area contributed by atoms with E-state index >= 15 is 0 Å². The lowest BCUT2D eigenvalue weighted by Gasteiger charge is -2.18. The summed E-state index contributed by atoms with van der Waals surface area (Å²) in [7, 11) is 1.68. The Morgan fingerprint density at radius 3 is 2.73 bits per heavy atom. The van der Waals surface area contributed by atoms with E-state index in [1.807, 2.05) is 26.0 Å². The maximum absolute atomic E-state index is 5.96. The molecular weight excluding hydrogens is 390 g/mol. The lowest BCUT2D eigenvalue weighted by atomic mass is 10.1. The van der Waals surface area contributed by atoms with Crippen molar-refractivity contribution < 1.29 is 9.47 Å². The maximum Gasteiger partial charge on any atom is 0.123 e. The van der Waals surface area contributed by atoms with E-state index < -0.39 is 0 Å². The third-order valence-corrected chi connectivity index (χ3v) is 5.65. The van der Waals surface area contributed by atoms with Crippen LogP contribution in [-0.2, 0) is 4.74 Å². The lowest BCUT2D eigenvalue weighted by Crippen LogP contribution is -2.24. The molecule has 162 valence electrons. The first kappa shape index (κ1) is 24.2. The van der Waals surface area contributed by atoms with E-state index in [1.54, 1.807) is 18.4 Å². The van der Waals surface area contributed by atoms with Gasteiger partial charge in [0, 0.05) is 13.7 Å². The number of methoxy groups -OCH3 is 1. The van der Waals surface area contributed by atoms with Crippen molar-refractivity contribution in [3.05, 3.63) is 53.2 Å². The fourth-order valence-corrected chi connectivity index (χ4v) is 3.57. The van der Waals surface area contributed by atoms with E-state index in [0.717, 1.165) is 38.4 Å². The van der Waals surface area contributed by atoms with Gasteiger partial charge in [-0.15, -0.1) is 0 Å². The number of likely N-dealkylation sites (N-methyl/N-ethyl adjacent to an activating group) is 1. The Morgan fingerprint density at radius 2 is 2.00 bits per heavy atom. The molecular formula is C26H35NO2S. The first-order valence-corrected chi connectivity index (χ1v) is 11.7. The van der Waals surface area contributed by atoms with E-state index in [9.17, 15) is 0 Å². The zero-order valence-corrected chi connectivity index (χ0v) is 19.6. The Hall–Kier alpha value is -2.06. The van der Waals surface area contributed by atoms with E-state index in [1.165, 1.54) is 24.0 Å². The molecule has 0 aliphatic heterocycles. The summed E-state index contributed by atoms with van der Waals surface area (Å²) in [6.45, 7) is 10.00. The van der Waals surface area contributed by atoms with Crippen LogP contribution in [0.3, 0.4) is 0 Å². The number of hydrogen-bond donors (Lipinski definition) is 0. The van der Waals surface area contributed by atoms with Crippen molar-refractivity contribution in [2.45, 2.75) is 45.6 Å². The van der Waals surface area contributed by atoms with Crippen LogP contribution in [0, 0.1) is 11.8 Å². The van der Waals surface area contributed by atoms with Gasteiger partial charge in [0.25, 0.3) is 0 Å². The molecule has 2 aromatic rings. The van der Waals surface area contributed by atoms with Crippen LogP contribution < -0.4 is 4.74 Å². The van der Waals surface area contributed by atoms with Gasteiger partial charge < -0.3 is 9.47 Å². The Morgan fingerprint density at radius 1 is 1.13 bits per heavy atom. The predicted octanol–water partition coefficient (Wildman–Crippen LogP) is 6.27. The second-order valence-electron chi connectivity index (χ2n) is 7.73. The van der Waals surface area contributed by atoms with Crippen molar-refractivity contribution in [1.29, 1.82) is 0 Å². The van der Waals surface area contributed by atoms with E-state index in [4.69, 9.17) is 9.47 Å². The summed E-state index contributed by atoms with van der Waals surface area (Å²) in [4.78, 5) is 2.44. The van der Waals surface area contributed by atoms with Gasteiger partial charge in [-0.2, -0.15) is 11.3 Å². The molecule has 1 aromatic heterocycles. The van der Waals surface area contributed by atoms with Crippen LogP contribution in [0.1, 0.15) is 40.0 Å². The van der Waals surface area contributed by atoms with Gasteiger partial charge in [0.2, 0.25) is 0 Å². The molecule has 0 fully saturated rings. The van der Waals surface area contributed by atoms with Gasteiger partial charge in [0.05, 0.1) is 6.61 Å². The zero-order chi connectivity index (χ0) is 21.7. The van der Waals surface area contributed by atoms with Gasteiger partial charge in [-0.1, -0.05) is 37.0 Å². The first-order chi connectivity index (χ1) is 14.5. The molecule has 0 amide bonds. The summed E-state index contributed by atoms with van der Waals surface area (Å²) < 4.78 is 11.3. The highest BCUT2D eigenvalue weighted by molar-refractivity contribution is 7.08. The second-order valence-corrected chi connectivity index (χ2v) is 8.51. The Labute approximate surface area is 186 Å². The van der Waals surface area contributed by atoms with Crippen LogP contribution in [-0.4, -0.2) is 43.9 Å². The van der Waals surface area contributed by atoms with Crippen molar-refractivity contribution in [2.24, 2.45) is 0 Å². The fraction of sp³-hybridized carbons (Fsp3) is 0.462. The normalized spacial score (nSPS) is 11.6. The molecule has 30 heavy (non-hydrogen) atoms. The molecule has 0 radical (unpaired) electrons. The van der Waals surface area contributed by atoms with Crippen molar-refractivity contribution in [3.63, 3.8) is 0 Å². The SMILES string of the molecule is CCN(CC=CC#CC(C)(C)OC)CCCCCOc1cccc(-c2ccsc2)c1. The number of rotatable bonds is 12. The van der Waals surface area contributed by atoms with Crippen molar-refractivity contribution in [2.75, 3.05) is 33.4 Å². The van der Waals surface area contributed by atoms with E-state index in [-0.39, 0.29) is 5.60 Å². The van der Waals surface area contributed by atoms with Crippen LogP contribution in [0.25, 0.3) is 11.1 Å². The summed E-state index contributed by atoms with van der Waals surface area (Å²) in [5.74, 6) is 7.13. The molecule has 0 aliphatic rings. The summed E-state index contributed by atoms with van der Waals surface area (Å²) >= 11 is 1.72. The molecule has 0 unspecified atom stereocenters. The first-order valence-electron chi connectivity index (χ1n) is 10.7. The fourth-order valence-electron chi connectivity index (χ4n) is 2.90. The molecule has 4 heteroatoms. The molecule has 2 rings (SSSR count). The molecule has 0 aliphatic carbocycles. The molecule has 0 atom stereocenters. The number of ether oxygens (including phenoxy) is 2. The quantitative estimate of drug-likeness (QED) is 0.295. The van der Waals surface area contributed by atoms with Gasteiger partial charge in [-0.05, 0) is 92.4 Å². The third-order valence-electron chi connectivity index (χ3n) is 4.97. The smallest absolute Gasteiger partial charge is 0.123 e. The van der Waals surface area contributed by atoms with Crippen molar-refractivity contribution in [1.82, 2.24) is 4.90 Å². The van der Waals surface area contributed by atoms with E-state index in [0.29, 0.717) is 0 Å². The van der Waals surface area contributed by atoms with Gasteiger partial charge in [-0.25, -0.2) is 0 Å². The van der Waals surface area contributed by atoms with Crippen molar-refractivity contribution in [3.8, 4) is 28.7 Å². The van der Waals surface area contributed by atoms with Gasteiger partial charge in [-0.3, -0.25) is 4.90 Å². The summed E-state index contributed by atoms with van der Waals surface area (Å²) in [6.07, 6.45) is 7.50. The van der Waals surface area contributed by atoms with Crippen LogP contribution in [0.15, 0.2) is 53.2 Å². The Balaban J connectivity index is 1.62.